The predicted molar refractivity (Wildman–Crippen MR) is 138 cm³/mol. The third-order valence-electron chi connectivity index (χ3n) is 5.94. The molecule has 0 aromatic heterocycles. The number of Topliss-reactive ketones (excluding diaryl/α,β-unsaturated/α-hetero) is 1. The molecule has 0 N–H and O–H groups in total. The SMILES string of the molecule is COc1ccc(Cl)cc1N1C[C@@H](C(=O)OCC(=O)c2ccc(OC(=O)c3ccc([N+](=O)[O-])cc3)cc2)CC1=O. The highest BCUT2D eigenvalue weighted by atomic mass is 35.5. The quantitative estimate of drug-likeness (QED) is 0.125. The van der Waals surface area contributed by atoms with Gasteiger partial charge in [0.15, 0.2) is 12.4 Å². The molecule has 3 aromatic carbocycles. The van der Waals surface area contributed by atoms with Crippen LogP contribution in [0.15, 0.2) is 66.7 Å². The highest BCUT2D eigenvalue weighted by Gasteiger charge is 2.37. The Morgan fingerprint density at radius 2 is 1.69 bits per heavy atom. The van der Waals surface area contributed by atoms with E-state index >= 15 is 0 Å². The molecule has 0 radical (unpaired) electrons. The van der Waals surface area contributed by atoms with E-state index in [1.54, 1.807) is 18.2 Å². The third-order valence-corrected chi connectivity index (χ3v) is 6.17. The van der Waals surface area contributed by atoms with Gasteiger partial charge in [0.1, 0.15) is 11.5 Å². The average molecular weight is 553 g/mol. The molecule has 11 nitrogen and oxygen atoms in total. The summed E-state index contributed by atoms with van der Waals surface area (Å²) in [4.78, 5) is 61.5. The molecule has 1 atom stereocenters. The number of rotatable bonds is 9. The van der Waals surface area contributed by atoms with Crippen LogP contribution in [0.5, 0.6) is 11.5 Å². The lowest BCUT2D eigenvalue weighted by Crippen LogP contribution is -2.27. The van der Waals surface area contributed by atoms with Gasteiger partial charge in [-0.25, -0.2) is 4.79 Å². The van der Waals surface area contributed by atoms with E-state index in [2.05, 4.69) is 0 Å². The lowest BCUT2D eigenvalue weighted by molar-refractivity contribution is -0.384. The van der Waals surface area contributed by atoms with Crippen LogP contribution in [0, 0.1) is 16.0 Å². The van der Waals surface area contributed by atoms with Gasteiger partial charge < -0.3 is 19.1 Å². The third kappa shape index (κ3) is 6.39. The van der Waals surface area contributed by atoms with Crippen molar-refractivity contribution in [1.82, 2.24) is 0 Å². The number of benzene rings is 3. The summed E-state index contributed by atoms with van der Waals surface area (Å²) >= 11 is 6.05. The Morgan fingerprint density at radius 1 is 1.03 bits per heavy atom. The van der Waals surface area contributed by atoms with Crippen molar-refractivity contribution in [3.05, 3.63) is 93.0 Å². The first-order valence-electron chi connectivity index (χ1n) is 11.6. The topological polar surface area (TPSA) is 142 Å². The molecule has 1 saturated heterocycles. The first kappa shape index (κ1) is 27.3. The summed E-state index contributed by atoms with van der Waals surface area (Å²) in [5, 5.41) is 11.1. The van der Waals surface area contributed by atoms with Gasteiger partial charge in [0, 0.05) is 35.7 Å². The molecule has 1 heterocycles. The molecule has 1 aliphatic heterocycles. The summed E-state index contributed by atoms with van der Waals surface area (Å²) in [6.45, 7) is -0.483. The lowest BCUT2D eigenvalue weighted by Gasteiger charge is -2.19. The number of halogens is 1. The molecule has 0 spiro atoms. The molecular formula is C27H21ClN2O9. The Morgan fingerprint density at radius 3 is 2.33 bits per heavy atom. The van der Waals surface area contributed by atoms with E-state index in [0.29, 0.717) is 16.5 Å². The van der Waals surface area contributed by atoms with Crippen molar-refractivity contribution in [3.8, 4) is 11.5 Å². The van der Waals surface area contributed by atoms with E-state index in [0.717, 1.165) is 0 Å². The van der Waals surface area contributed by atoms with E-state index in [1.165, 1.54) is 60.5 Å². The van der Waals surface area contributed by atoms with Crippen LogP contribution < -0.4 is 14.4 Å². The van der Waals surface area contributed by atoms with Crippen LogP contribution in [-0.4, -0.2) is 48.8 Å². The number of esters is 2. The number of hydrogen-bond acceptors (Lipinski definition) is 9. The predicted octanol–water partition coefficient (Wildman–Crippen LogP) is 4.26. The molecule has 3 aromatic rings. The number of hydrogen-bond donors (Lipinski definition) is 0. The van der Waals surface area contributed by atoms with Gasteiger partial charge in [-0.15, -0.1) is 0 Å². The fourth-order valence-corrected chi connectivity index (χ4v) is 4.07. The van der Waals surface area contributed by atoms with E-state index < -0.39 is 35.2 Å². The Labute approximate surface area is 227 Å². The van der Waals surface area contributed by atoms with Crippen LogP contribution in [-0.2, 0) is 14.3 Å². The van der Waals surface area contributed by atoms with Crippen LogP contribution in [0.2, 0.25) is 5.02 Å². The highest BCUT2D eigenvalue weighted by Crippen LogP contribution is 2.35. The molecule has 200 valence electrons. The zero-order valence-corrected chi connectivity index (χ0v) is 21.3. The standard InChI is InChI=1S/C27H21ClN2O9/c1-37-24-11-6-19(28)13-22(24)29-14-18(12-25(29)32)26(33)38-15-23(31)16-4-9-21(10-5-16)39-27(34)17-2-7-20(8-3-17)30(35)36/h2-11,13,18H,12,14-15H2,1H3/t18-/m0/s1. The van der Waals surface area contributed by atoms with E-state index in [9.17, 15) is 29.3 Å². The van der Waals surface area contributed by atoms with E-state index in [4.69, 9.17) is 25.8 Å². The number of amides is 1. The maximum atomic E-state index is 12.6. The van der Waals surface area contributed by atoms with Crippen molar-refractivity contribution in [2.75, 3.05) is 25.2 Å². The maximum absolute atomic E-state index is 12.6. The second kappa shape index (κ2) is 11.7. The summed E-state index contributed by atoms with van der Waals surface area (Å²) in [7, 11) is 1.46. The first-order chi connectivity index (χ1) is 18.7. The number of ketones is 1. The summed E-state index contributed by atoms with van der Waals surface area (Å²) in [5.41, 5.74) is 0.611. The van der Waals surface area contributed by atoms with Crippen LogP contribution in [0.3, 0.4) is 0 Å². The van der Waals surface area contributed by atoms with E-state index in [-0.39, 0.29) is 41.4 Å². The van der Waals surface area contributed by atoms with Crippen molar-refractivity contribution in [2.24, 2.45) is 5.92 Å². The number of ether oxygens (including phenoxy) is 3. The van der Waals surface area contributed by atoms with Gasteiger partial charge in [0.05, 0.1) is 29.2 Å². The minimum Gasteiger partial charge on any atom is -0.495 e. The number of anilines is 1. The number of carbonyl (C=O) groups is 4. The number of nitro benzene ring substituents is 1. The van der Waals surface area contributed by atoms with Crippen molar-refractivity contribution >= 4 is 46.6 Å². The molecule has 1 aliphatic rings. The molecule has 0 unspecified atom stereocenters. The summed E-state index contributed by atoms with van der Waals surface area (Å²) in [5.74, 6) is -2.40. The largest absolute Gasteiger partial charge is 0.495 e. The summed E-state index contributed by atoms with van der Waals surface area (Å²) in [6, 6.07) is 15.3. The molecule has 0 saturated carbocycles. The number of nitrogens with zero attached hydrogens (tertiary/aromatic N) is 2. The van der Waals surface area contributed by atoms with Crippen molar-refractivity contribution < 1.29 is 38.3 Å². The van der Waals surface area contributed by atoms with Gasteiger partial charge in [-0.1, -0.05) is 11.6 Å². The van der Waals surface area contributed by atoms with Crippen LogP contribution >= 0.6 is 11.6 Å². The Bertz CT molecular complexity index is 1440. The van der Waals surface area contributed by atoms with Crippen molar-refractivity contribution in [1.29, 1.82) is 0 Å². The normalized spacial score (nSPS) is 14.6. The number of carbonyl (C=O) groups excluding carboxylic acids is 4. The van der Waals surface area contributed by atoms with Crippen molar-refractivity contribution in [3.63, 3.8) is 0 Å². The van der Waals surface area contributed by atoms with Gasteiger partial charge in [-0.3, -0.25) is 24.5 Å². The first-order valence-corrected chi connectivity index (χ1v) is 11.9. The molecular weight excluding hydrogens is 532 g/mol. The molecule has 0 aliphatic carbocycles. The fraction of sp³-hybridized carbons (Fsp3) is 0.185. The molecule has 1 fully saturated rings. The lowest BCUT2D eigenvalue weighted by atomic mass is 10.1. The summed E-state index contributed by atoms with van der Waals surface area (Å²) < 4.78 is 15.7. The average Bonchev–Trinajstić information content (AvgIpc) is 3.33. The minimum absolute atomic E-state index is 0.0530. The Hall–Kier alpha value is -4.77. The maximum Gasteiger partial charge on any atom is 0.343 e. The Balaban J connectivity index is 1.30. The van der Waals surface area contributed by atoms with Gasteiger partial charge in [-0.05, 0) is 54.6 Å². The number of methoxy groups -OCH3 is 1. The van der Waals surface area contributed by atoms with Gasteiger partial charge in [-0.2, -0.15) is 0 Å². The van der Waals surface area contributed by atoms with Gasteiger partial charge in [0.25, 0.3) is 5.69 Å². The van der Waals surface area contributed by atoms with Crippen molar-refractivity contribution in [2.45, 2.75) is 6.42 Å². The van der Waals surface area contributed by atoms with E-state index in [1.807, 2.05) is 0 Å². The molecule has 0 bridgehead atoms. The zero-order valence-electron chi connectivity index (χ0n) is 20.5. The number of nitro groups is 1. The van der Waals surface area contributed by atoms with Crippen LogP contribution in [0.1, 0.15) is 27.1 Å². The molecule has 12 heteroatoms. The van der Waals surface area contributed by atoms with Crippen LogP contribution in [0.4, 0.5) is 11.4 Å². The second-order valence-electron chi connectivity index (χ2n) is 8.47. The zero-order chi connectivity index (χ0) is 28.1. The summed E-state index contributed by atoms with van der Waals surface area (Å²) in [6.07, 6.45) is -0.0858. The molecule has 1 amide bonds. The number of non-ortho nitro benzene ring substituents is 1. The Kier molecular flexibility index (Phi) is 8.21. The smallest absolute Gasteiger partial charge is 0.343 e. The monoisotopic (exact) mass is 552 g/mol. The van der Waals surface area contributed by atoms with Gasteiger partial charge >= 0.3 is 11.9 Å². The van der Waals surface area contributed by atoms with Gasteiger partial charge in [0.2, 0.25) is 5.91 Å². The van der Waals surface area contributed by atoms with Crippen LogP contribution in [0.25, 0.3) is 0 Å². The second-order valence-corrected chi connectivity index (χ2v) is 8.91. The minimum atomic E-state index is -0.768. The fourth-order valence-electron chi connectivity index (χ4n) is 3.90. The highest BCUT2D eigenvalue weighted by molar-refractivity contribution is 6.31. The molecule has 4 rings (SSSR count). The molecule has 39 heavy (non-hydrogen) atoms.